The van der Waals surface area contributed by atoms with E-state index < -0.39 is 0 Å². The van der Waals surface area contributed by atoms with Gasteiger partial charge in [-0.25, -0.2) is 0 Å². The molecule has 0 aromatic rings. The van der Waals surface area contributed by atoms with Crippen LogP contribution in [0.15, 0.2) is 0 Å². The van der Waals surface area contributed by atoms with Crippen molar-refractivity contribution in [3.05, 3.63) is 0 Å². The highest BCUT2D eigenvalue weighted by atomic mass is 16.1. The molecule has 1 aliphatic carbocycles. The summed E-state index contributed by atoms with van der Waals surface area (Å²) in [6.45, 7) is 2.06. The molecule has 1 saturated carbocycles. The van der Waals surface area contributed by atoms with Crippen LogP contribution in [0, 0.1) is 11.8 Å². The van der Waals surface area contributed by atoms with Crippen LogP contribution in [0.1, 0.15) is 45.4 Å². The maximum absolute atomic E-state index is 10.5. The quantitative estimate of drug-likeness (QED) is 0.441. The largest absolute Gasteiger partial charge is 0.303 e. The van der Waals surface area contributed by atoms with E-state index in [1.165, 1.54) is 38.5 Å². The van der Waals surface area contributed by atoms with E-state index in [0.717, 1.165) is 6.29 Å². The number of rotatable bonds is 2. The molecular weight excluding hydrogens is 136 g/mol. The zero-order valence-corrected chi connectivity index (χ0v) is 7.38. The fourth-order valence-corrected chi connectivity index (χ4v) is 1.95. The first-order chi connectivity index (χ1) is 5.34. The lowest BCUT2D eigenvalue weighted by atomic mass is 9.89. The average Bonchev–Trinajstić information content (AvgIpc) is 2.30. The molecule has 1 fully saturated rings. The molecule has 0 aliphatic heterocycles. The fourth-order valence-electron chi connectivity index (χ4n) is 1.95. The zero-order chi connectivity index (χ0) is 8.10. The van der Waals surface area contributed by atoms with Crippen LogP contribution < -0.4 is 0 Å². The van der Waals surface area contributed by atoms with E-state index >= 15 is 0 Å². The second-order valence-electron chi connectivity index (χ2n) is 3.75. The third-order valence-electron chi connectivity index (χ3n) is 2.86. The van der Waals surface area contributed by atoms with Gasteiger partial charge in [-0.1, -0.05) is 32.6 Å². The number of hydrogen-bond donors (Lipinski definition) is 0. The number of aldehydes is 1. The summed E-state index contributed by atoms with van der Waals surface area (Å²) < 4.78 is 0. The Kier molecular flexibility index (Phi) is 3.61. The van der Waals surface area contributed by atoms with Gasteiger partial charge < -0.3 is 4.79 Å². The van der Waals surface area contributed by atoms with Gasteiger partial charge in [0.1, 0.15) is 6.29 Å². The predicted octanol–water partition coefficient (Wildman–Crippen LogP) is 2.79. The van der Waals surface area contributed by atoms with Crippen molar-refractivity contribution in [1.29, 1.82) is 0 Å². The monoisotopic (exact) mass is 154 g/mol. The molecule has 11 heavy (non-hydrogen) atoms. The molecule has 0 radical (unpaired) electrons. The van der Waals surface area contributed by atoms with Crippen molar-refractivity contribution < 1.29 is 4.79 Å². The Labute approximate surface area is 69.2 Å². The van der Waals surface area contributed by atoms with Gasteiger partial charge in [0.15, 0.2) is 0 Å². The normalized spacial score (nSPS) is 24.1. The highest BCUT2D eigenvalue weighted by Gasteiger charge is 2.17. The maximum Gasteiger partial charge on any atom is 0.123 e. The van der Waals surface area contributed by atoms with Gasteiger partial charge in [0.2, 0.25) is 0 Å². The van der Waals surface area contributed by atoms with E-state index in [2.05, 4.69) is 6.92 Å². The van der Waals surface area contributed by atoms with Gasteiger partial charge in [-0.15, -0.1) is 0 Å². The lowest BCUT2D eigenvalue weighted by molar-refractivity contribution is -0.112. The van der Waals surface area contributed by atoms with Crippen molar-refractivity contribution in [2.75, 3.05) is 0 Å². The molecule has 0 spiro atoms. The Morgan fingerprint density at radius 1 is 1.18 bits per heavy atom. The predicted molar refractivity (Wildman–Crippen MR) is 46.4 cm³/mol. The number of carbonyl (C=O) groups is 1. The summed E-state index contributed by atoms with van der Waals surface area (Å²) in [5.74, 6) is 0.989. The van der Waals surface area contributed by atoms with Crippen LogP contribution in [0.5, 0.6) is 0 Å². The third kappa shape index (κ3) is 2.64. The van der Waals surface area contributed by atoms with Crippen molar-refractivity contribution in [2.24, 2.45) is 11.8 Å². The Morgan fingerprint density at radius 3 is 2.18 bits per heavy atom. The molecule has 1 unspecified atom stereocenters. The standard InChI is InChI=1S/C10H18O/c1-9(8-11)10-6-4-2-3-5-7-10/h8-10H,2-7H2,1H3. The molecule has 1 atom stereocenters. The van der Waals surface area contributed by atoms with Gasteiger partial charge in [0.25, 0.3) is 0 Å². The first-order valence-electron chi connectivity index (χ1n) is 4.80. The molecule has 1 aliphatic rings. The van der Waals surface area contributed by atoms with Crippen molar-refractivity contribution in [2.45, 2.75) is 45.4 Å². The number of carbonyl (C=O) groups excluding carboxylic acids is 1. The maximum atomic E-state index is 10.5. The van der Waals surface area contributed by atoms with Crippen LogP contribution in [0.4, 0.5) is 0 Å². The average molecular weight is 154 g/mol. The summed E-state index contributed by atoms with van der Waals surface area (Å²) >= 11 is 0. The van der Waals surface area contributed by atoms with E-state index in [4.69, 9.17) is 0 Å². The van der Waals surface area contributed by atoms with Gasteiger partial charge in [0.05, 0.1) is 0 Å². The highest BCUT2D eigenvalue weighted by molar-refractivity contribution is 5.53. The molecular formula is C10H18O. The fraction of sp³-hybridized carbons (Fsp3) is 0.900. The first kappa shape index (κ1) is 8.76. The van der Waals surface area contributed by atoms with E-state index in [1.54, 1.807) is 0 Å². The van der Waals surface area contributed by atoms with Gasteiger partial charge in [0, 0.05) is 5.92 Å². The van der Waals surface area contributed by atoms with Crippen LogP contribution in [-0.4, -0.2) is 6.29 Å². The highest BCUT2D eigenvalue weighted by Crippen LogP contribution is 2.27. The van der Waals surface area contributed by atoms with Gasteiger partial charge in [-0.3, -0.25) is 0 Å². The smallest absolute Gasteiger partial charge is 0.123 e. The lowest BCUT2D eigenvalue weighted by Gasteiger charge is -2.16. The van der Waals surface area contributed by atoms with Crippen molar-refractivity contribution >= 4 is 6.29 Å². The molecule has 1 heteroatoms. The Bertz CT molecular complexity index is 112. The molecule has 0 N–H and O–H groups in total. The summed E-state index contributed by atoms with van der Waals surface area (Å²) in [4.78, 5) is 10.5. The molecule has 0 aromatic heterocycles. The molecule has 0 amide bonds. The van der Waals surface area contributed by atoms with Crippen LogP contribution in [0.25, 0.3) is 0 Å². The van der Waals surface area contributed by atoms with E-state index in [0.29, 0.717) is 11.8 Å². The molecule has 0 heterocycles. The second kappa shape index (κ2) is 4.53. The minimum atomic E-state index is 0.299. The minimum Gasteiger partial charge on any atom is -0.303 e. The van der Waals surface area contributed by atoms with Crippen molar-refractivity contribution in [3.63, 3.8) is 0 Å². The molecule has 0 saturated heterocycles. The van der Waals surface area contributed by atoms with Gasteiger partial charge in [-0.2, -0.15) is 0 Å². The van der Waals surface area contributed by atoms with Crippen LogP contribution in [0.2, 0.25) is 0 Å². The summed E-state index contributed by atoms with van der Waals surface area (Å²) in [5, 5.41) is 0. The van der Waals surface area contributed by atoms with Crippen molar-refractivity contribution in [3.8, 4) is 0 Å². The molecule has 64 valence electrons. The lowest BCUT2D eigenvalue weighted by Crippen LogP contribution is -2.11. The molecule has 0 aromatic carbocycles. The molecule has 0 bridgehead atoms. The second-order valence-corrected chi connectivity index (χ2v) is 3.75. The van der Waals surface area contributed by atoms with Crippen molar-refractivity contribution in [1.82, 2.24) is 0 Å². The van der Waals surface area contributed by atoms with Gasteiger partial charge in [-0.05, 0) is 18.8 Å². The van der Waals surface area contributed by atoms with Crippen LogP contribution in [-0.2, 0) is 4.79 Å². The van der Waals surface area contributed by atoms with Gasteiger partial charge >= 0.3 is 0 Å². The summed E-state index contributed by atoms with van der Waals surface area (Å²) in [6.07, 6.45) is 9.10. The van der Waals surface area contributed by atoms with E-state index in [9.17, 15) is 4.79 Å². The van der Waals surface area contributed by atoms with Crippen LogP contribution >= 0.6 is 0 Å². The zero-order valence-electron chi connectivity index (χ0n) is 7.38. The topological polar surface area (TPSA) is 17.1 Å². The summed E-state index contributed by atoms with van der Waals surface area (Å²) in [6, 6.07) is 0. The van der Waals surface area contributed by atoms with E-state index in [-0.39, 0.29) is 0 Å². The molecule has 1 rings (SSSR count). The third-order valence-corrected chi connectivity index (χ3v) is 2.86. The minimum absolute atomic E-state index is 0.299. The van der Waals surface area contributed by atoms with E-state index in [1.807, 2.05) is 0 Å². The Hall–Kier alpha value is -0.330. The molecule has 1 nitrogen and oxygen atoms in total. The Balaban J connectivity index is 2.35. The summed E-state index contributed by atoms with van der Waals surface area (Å²) in [5.41, 5.74) is 0. The SMILES string of the molecule is CC(C=O)C1CCCCCC1. The summed E-state index contributed by atoms with van der Waals surface area (Å²) in [7, 11) is 0. The Morgan fingerprint density at radius 2 is 1.73 bits per heavy atom. The van der Waals surface area contributed by atoms with Crippen LogP contribution in [0.3, 0.4) is 0 Å². The number of hydrogen-bond acceptors (Lipinski definition) is 1. The first-order valence-corrected chi connectivity index (χ1v) is 4.80.